The van der Waals surface area contributed by atoms with Crippen LogP contribution >= 0.6 is 0 Å². The predicted molar refractivity (Wildman–Crippen MR) is 82.6 cm³/mol. The highest BCUT2D eigenvalue weighted by atomic mass is 16.2. The first-order valence-corrected chi connectivity index (χ1v) is 6.54. The molecule has 1 heterocycles. The van der Waals surface area contributed by atoms with Gasteiger partial charge < -0.3 is 10.6 Å². The lowest BCUT2D eigenvalue weighted by molar-refractivity contribution is 0.262. The third-order valence-electron chi connectivity index (χ3n) is 2.90. The third kappa shape index (κ3) is 3.27. The molecule has 2 aromatic carbocycles. The quantitative estimate of drug-likeness (QED) is 0.770. The van der Waals surface area contributed by atoms with Crippen molar-refractivity contribution < 1.29 is 4.79 Å². The molecule has 3 rings (SSSR count). The Morgan fingerprint density at radius 1 is 0.905 bits per heavy atom. The number of anilines is 2. The van der Waals surface area contributed by atoms with Crippen LogP contribution in [-0.2, 0) is 0 Å². The highest BCUT2D eigenvalue weighted by molar-refractivity contribution is 5.99. The molecule has 0 aliphatic heterocycles. The van der Waals surface area contributed by atoms with Crippen LogP contribution in [-0.4, -0.2) is 15.8 Å². The van der Waals surface area contributed by atoms with Crippen molar-refractivity contribution >= 4 is 17.4 Å². The second-order valence-electron chi connectivity index (χ2n) is 4.45. The Morgan fingerprint density at radius 3 is 2.43 bits per heavy atom. The van der Waals surface area contributed by atoms with Crippen molar-refractivity contribution in [1.29, 1.82) is 0 Å². The average molecular weight is 278 g/mol. The molecule has 0 aliphatic carbocycles. The van der Waals surface area contributed by atoms with Crippen LogP contribution < -0.4 is 10.6 Å². The molecule has 0 spiro atoms. The van der Waals surface area contributed by atoms with Crippen LogP contribution in [0.4, 0.5) is 16.2 Å². The van der Waals surface area contributed by atoms with E-state index in [0.29, 0.717) is 5.69 Å². The molecule has 5 heteroatoms. The van der Waals surface area contributed by atoms with Gasteiger partial charge in [0.05, 0.1) is 5.69 Å². The van der Waals surface area contributed by atoms with Crippen LogP contribution in [0.15, 0.2) is 73.1 Å². The number of benzene rings is 2. The maximum Gasteiger partial charge on any atom is 0.323 e. The molecule has 0 saturated heterocycles. The molecule has 2 N–H and O–H groups in total. The lowest BCUT2D eigenvalue weighted by Gasteiger charge is -2.09. The van der Waals surface area contributed by atoms with Gasteiger partial charge in [0.15, 0.2) is 0 Å². The standard InChI is InChI=1S/C16H14N4O/c21-16(18-13-6-2-1-3-7-13)19-14-8-4-9-15(12-14)20-11-5-10-17-20/h1-12H,(H2,18,19,21). The molecule has 3 aromatic rings. The van der Waals surface area contributed by atoms with E-state index in [1.54, 1.807) is 10.9 Å². The number of aromatic nitrogens is 2. The van der Waals surface area contributed by atoms with Crippen molar-refractivity contribution in [2.24, 2.45) is 0 Å². The Hall–Kier alpha value is -3.08. The summed E-state index contributed by atoms with van der Waals surface area (Å²) >= 11 is 0. The molecule has 1 aromatic heterocycles. The normalized spacial score (nSPS) is 10.1. The van der Waals surface area contributed by atoms with Crippen LogP contribution in [0.5, 0.6) is 0 Å². The number of urea groups is 1. The number of hydrogen-bond donors (Lipinski definition) is 2. The summed E-state index contributed by atoms with van der Waals surface area (Å²) in [6, 6.07) is 18.4. The molecule has 21 heavy (non-hydrogen) atoms. The summed E-state index contributed by atoms with van der Waals surface area (Å²) in [7, 11) is 0. The largest absolute Gasteiger partial charge is 0.323 e. The lowest BCUT2D eigenvalue weighted by atomic mass is 10.3. The molecule has 0 radical (unpaired) electrons. The summed E-state index contributed by atoms with van der Waals surface area (Å²) < 4.78 is 1.74. The molecule has 0 fully saturated rings. The second-order valence-corrected chi connectivity index (χ2v) is 4.45. The van der Waals surface area contributed by atoms with Crippen molar-refractivity contribution in [2.75, 3.05) is 10.6 Å². The third-order valence-corrected chi connectivity index (χ3v) is 2.90. The van der Waals surface area contributed by atoms with Gasteiger partial charge in [-0.1, -0.05) is 24.3 Å². The molecule has 0 bridgehead atoms. The molecular formula is C16H14N4O. The van der Waals surface area contributed by atoms with Crippen LogP contribution in [0, 0.1) is 0 Å². The molecule has 0 aliphatic rings. The summed E-state index contributed by atoms with van der Waals surface area (Å²) in [6.45, 7) is 0. The van der Waals surface area contributed by atoms with E-state index in [9.17, 15) is 4.79 Å². The smallest absolute Gasteiger partial charge is 0.308 e. The maximum absolute atomic E-state index is 11.9. The summed E-state index contributed by atoms with van der Waals surface area (Å²) in [4.78, 5) is 11.9. The number of carbonyl (C=O) groups is 1. The fraction of sp³-hybridized carbons (Fsp3) is 0. The molecule has 0 saturated carbocycles. The van der Waals surface area contributed by atoms with Gasteiger partial charge in [0, 0.05) is 23.8 Å². The van der Waals surface area contributed by atoms with Gasteiger partial charge in [-0.15, -0.1) is 0 Å². The van der Waals surface area contributed by atoms with Crippen molar-refractivity contribution in [2.45, 2.75) is 0 Å². The minimum absolute atomic E-state index is 0.279. The van der Waals surface area contributed by atoms with Crippen molar-refractivity contribution in [3.63, 3.8) is 0 Å². The molecule has 0 unspecified atom stereocenters. The van der Waals surface area contributed by atoms with Crippen molar-refractivity contribution in [3.8, 4) is 5.69 Å². The van der Waals surface area contributed by atoms with Gasteiger partial charge in [-0.2, -0.15) is 5.10 Å². The summed E-state index contributed by atoms with van der Waals surface area (Å²) in [6.07, 6.45) is 3.56. The average Bonchev–Trinajstić information content (AvgIpc) is 3.02. The van der Waals surface area contributed by atoms with Crippen molar-refractivity contribution in [3.05, 3.63) is 73.1 Å². The van der Waals surface area contributed by atoms with Crippen LogP contribution in [0.25, 0.3) is 5.69 Å². The summed E-state index contributed by atoms with van der Waals surface area (Å²) in [5.41, 5.74) is 2.34. The predicted octanol–water partition coefficient (Wildman–Crippen LogP) is 3.52. The van der Waals surface area contributed by atoms with Gasteiger partial charge in [0.2, 0.25) is 0 Å². The maximum atomic E-state index is 11.9. The number of amides is 2. The number of para-hydroxylation sites is 1. The first-order valence-electron chi connectivity index (χ1n) is 6.54. The molecule has 2 amide bonds. The van der Waals surface area contributed by atoms with Gasteiger partial charge in [-0.3, -0.25) is 0 Å². The SMILES string of the molecule is O=C(Nc1ccccc1)Nc1cccc(-n2cccn2)c1. The van der Waals surface area contributed by atoms with Crippen LogP contribution in [0.1, 0.15) is 0 Å². The first kappa shape index (κ1) is 12.9. The number of nitrogens with one attached hydrogen (secondary N) is 2. The zero-order chi connectivity index (χ0) is 14.5. The topological polar surface area (TPSA) is 59.0 Å². The van der Waals surface area contributed by atoms with Gasteiger partial charge in [-0.05, 0) is 36.4 Å². The molecule has 0 atom stereocenters. The van der Waals surface area contributed by atoms with Gasteiger partial charge >= 0.3 is 6.03 Å². The fourth-order valence-corrected chi connectivity index (χ4v) is 1.96. The van der Waals surface area contributed by atoms with E-state index in [2.05, 4.69) is 15.7 Å². The Balaban J connectivity index is 1.70. The number of carbonyl (C=O) groups excluding carboxylic acids is 1. The van der Waals surface area contributed by atoms with E-state index >= 15 is 0 Å². The number of nitrogens with zero attached hydrogens (tertiary/aromatic N) is 2. The zero-order valence-electron chi connectivity index (χ0n) is 11.2. The Kier molecular flexibility index (Phi) is 3.64. The first-order chi connectivity index (χ1) is 10.3. The highest BCUT2D eigenvalue weighted by Crippen LogP contribution is 2.14. The van der Waals surface area contributed by atoms with Crippen LogP contribution in [0.3, 0.4) is 0 Å². The van der Waals surface area contributed by atoms with Crippen LogP contribution in [0.2, 0.25) is 0 Å². The molecule has 104 valence electrons. The van der Waals surface area contributed by atoms with Gasteiger partial charge in [0.25, 0.3) is 0 Å². The monoisotopic (exact) mass is 278 g/mol. The zero-order valence-corrected chi connectivity index (χ0v) is 11.2. The highest BCUT2D eigenvalue weighted by Gasteiger charge is 2.03. The second kappa shape index (κ2) is 5.92. The van der Waals surface area contributed by atoms with E-state index in [4.69, 9.17) is 0 Å². The van der Waals surface area contributed by atoms with E-state index in [1.807, 2.05) is 66.9 Å². The van der Waals surface area contributed by atoms with Crippen molar-refractivity contribution in [1.82, 2.24) is 9.78 Å². The lowest BCUT2D eigenvalue weighted by Crippen LogP contribution is -2.19. The number of hydrogen-bond acceptors (Lipinski definition) is 2. The Morgan fingerprint density at radius 2 is 1.67 bits per heavy atom. The Labute approximate surface area is 122 Å². The van der Waals surface area contributed by atoms with E-state index in [1.165, 1.54) is 0 Å². The number of rotatable bonds is 3. The fourth-order valence-electron chi connectivity index (χ4n) is 1.96. The summed E-state index contributed by atoms with van der Waals surface area (Å²) in [5, 5.41) is 9.74. The van der Waals surface area contributed by atoms with Gasteiger partial charge in [-0.25, -0.2) is 9.48 Å². The van der Waals surface area contributed by atoms with E-state index in [0.717, 1.165) is 11.4 Å². The van der Waals surface area contributed by atoms with E-state index < -0.39 is 0 Å². The van der Waals surface area contributed by atoms with Gasteiger partial charge in [0.1, 0.15) is 0 Å². The minimum atomic E-state index is -0.279. The molecule has 5 nitrogen and oxygen atoms in total. The minimum Gasteiger partial charge on any atom is -0.308 e. The summed E-state index contributed by atoms with van der Waals surface area (Å²) in [5.74, 6) is 0. The Bertz CT molecular complexity index is 723. The van der Waals surface area contributed by atoms with E-state index in [-0.39, 0.29) is 6.03 Å². The molecular weight excluding hydrogens is 264 g/mol.